The molecule has 0 saturated heterocycles. The predicted molar refractivity (Wildman–Crippen MR) is 77.8 cm³/mol. The number of nitrogens with one attached hydrogen (secondary N) is 1. The van der Waals surface area contributed by atoms with Crippen LogP contribution in [0.15, 0.2) is 24.3 Å². The summed E-state index contributed by atoms with van der Waals surface area (Å²) < 4.78 is 0. The summed E-state index contributed by atoms with van der Waals surface area (Å²) in [6.07, 6.45) is 1.11. The number of hydrogen-bond acceptors (Lipinski definition) is 2. The summed E-state index contributed by atoms with van der Waals surface area (Å²) in [5.41, 5.74) is 0.925. The standard InChI is InChI=1S/C14H19ClN2O3/c1-3-4-12(13(18)19)16-14(20)17(2)9-10-5-7-11(15)8-6-10/h5-8,12H,3-4,9H2,1-2H3,(H,16,20)(H,18,19)/t12-/m0/s1. The van der Waals surface area contributed by atoms with Crippen LogP contribution in [0.4, 0.5) is 4.79 Å². The van der Waals surface area contributed by atoms with E-state index < -0.39 is 18.0 Å². The summed E-state index contributed by atoms with van der Waals surface area (Å²) in [7, 11) is 1.62. The monoisotopic (exact) mass is 298 g/mol. The lowest BCUT2D eigenvalue weighted by atomic mass is 10.2. The molecule has 0 bridgehead atoms. The molecule has 0 aliphatic rings. The Balaban J connectivity index is 2.57. The van der Waals surface area contributed by atoms with Gasteiger partial charge in [-0.15, -0.1) is 0 Å². The molecule has 2 amide bonds. The number of aliphatic carboxylic acids is 1. The van der Waals surface area contributed by atoms with Gasteiger partial charge in [0.15, 0.2) is 0 Å². The Bertz CT molecular complexity index is 462. The molecule has 1 rings (SSSR count). The summed E-state index contributed by atoms with van der Waals surface area (Å²) in [6, 6.07) is 5.90. The third kappa shape index (κ3) is 5.09. The summed E-state index contributed by atoms with van der Waals surface area (Å²) in [5.74, 6) is -1.01. The quantitative estimate of drug-likeness (QED) is 0.848. The van der Waals surface area contributed by atoms with E-state index >= 15 is 0 Å². The van der Waals surface area contributed by atoms with Crippen LogP contribution in [0.25, 0.3) is 0 Å². The van der Waals surface area contributed by atoms with Gasteiger partial charge in [-0.25, -0.2) is 9.59 Å². The van der Waals surface area contributed by atoms with Crippen LogP contribution >= 0.6 is 11.6 Å². The van der Waals surface area contributed by atoms with E-state index in [0.717, 1.165) is 5.56 Å². The summed E-state index contributed by atoms with van der Waals surface area (Å²) in [4.78, 5) is 24.4. The number of carboxylic acid groups (broad SMARTS) is 1. The second-order valence-electron chi connectivity index (χ2n) is 4.61. The molecule has 1 aromatic carbocycles. The van der Waals surface area contributed by atoms with Gasteiger partial charge in [-0.3, -0.25) is 0 Å². The van der Waals surface area contributed by atoms with E-state index in [1.807, 2.05) is 19.1 Å². The minimum absolute atomic E-state index is 0.390. The van der Waals surface area contributed by atoms with Crippen molar-refractivity contribution < 1.29 is 14.7 Å². The lowest BCUT2D eigenvalue weighted by molar-refractivity contribution is -0.139. The Morgan fingerprint density at radius 3 is 2.45 bits per heavy atom. The molecule has 0 radical (unpaired) electrons. The Kier molecular flexibility index (Phi) is 6.31. The molecule has 1 aromatic rings. The van der Waals surface area contributed by atoms with E-state index in [-0.39, 0.29) is 0 Å². The molecule has 0 unspecified atom stereocenters. The van der Waals surface area contributed by atoms with Crippen molar-refractivity contribution >= 4 is 23.6 Å². The minimum Gasteiger partial charge on any atom is -0.480 e. The molecule has 0 spiro atoms. The number of benzene rings is 1. The number of nitrogens with zero attached hydrogens (tertiary/aromatic N) is 1. The van der Waals surface area contributed by atoms with Crippen molar-refractivity contribution in [1.82, 2.24) is 10.2 Å². The summed E-state index contributed by atoms with van der Waals surface area (Å²) >= 11 is 5.79. The molecule has 0 heterocycles. The molecule has 2 N–H and O–H groups in total. The summed E-state index contributed by atoms with van der Waals surface area (Å²) in [5, 5.41) is 12.2. The minimum atomic E-state index is -1.01. The molecule has 0 aliphatic heterocycles. The first-order valence-corrected chi connectivity index (χ1v) is 6.80. The van der Waals surface area contributed by atoms with Crippen molar-refractivity contribution in [2.45, 2.75) is 32.4 Å². The van der Waals surface area contributed by atoms with Crippen molar-refractivity contribution in [3.8, 4) is 0 Å². The SMILES string of the molecule is CCC[C@H](NC(=O)N(C)Cc1ccc(Cl)cc1)C(=O)O. The van der Waals surface area contributed by atoms with Crippen LogP contribution in [0.5, 0.6) is 0 Å². The number of halogens is 1. The average molecular weight is 299 g/mol. The second kappa shape index (κ2) is 7.75. The van der Waals surface area contributed by atoms with Gasteiger partial charge in [0.05, 0.1) is 0 Å². The largest absolute Gasteiger partial charge is 0.480 e. The van der Waals surface area contributed by atoms with Crippen molar-refractivity contribution in [1.29, 1.82) is 0 Å². The molecule has 110 valence electrons. The van der Waals surface area contributed by atoms with Gasteiger partial charge in [-0.2, -0.15) is 0 Å². The molecular weight excluding hydrogens is 280 g/mol. The molecule has 0 fully saturated rings. The molecule has 6 heteroatoms. The zero-order valence-corrected chi connectivity index (χ0v) is 12.4. The second-order valence-corrected chi connectivity index (χ2v) is 5.05. The molecule has 5 nitrogen and oxygen atoms in total. The summed E-state index contributed by atoms with van der Waals surface area (Å²) in [6.45, 7) is 2.26. The van der Waals surface area contributed by atoms with Gasteiger partial charge < -0.3 is 15.3 Å². The average Bonchev–Trinajstić information content (AvgIpc) is 2.40. The van der Waals surface area contributed by atoms with Crippen LogP contribution in [-0.2, 0) is 11.3 Å². The van der Waals surface area contributed by atoms with Gasteiger partial charge in [-0.1, -0.05) is 37.1 Å². The zero-order chi connectivity index (χ0) is 15.1. The maximum atomic E-state index is 11.9. The highest BCUT2D eigenvalue weighted by Gasteiger charge is 2.20. The van der Waals surface area contributed by atoms with E-state index in [0.29, 0.717) is 24.4 Å². The van der Waals surface area contributed by atoms with Crippen LogP contribution < -0.4 is 5.32 Å². The van der Waals surface area contributed by atoms with Gasteiger partial charge in [-0.05, 0) is 24.1 Å². The zero-order valence-electron chi connectivity index (χ0n) is 11.6. The highest BCUT2D eigenvalue weighted by atomic mass is 35.5. The smallest absolute Gasteiger partial charge is 0.326 e. The maximum absolute atomic E-state index is 11.9. The van der Waals surface area contributed by atoms with Gasteiger partial charge in [0.2, 0.25) is 0 Å². The van der Waals surface area contributed by atoms with E-state index in [1.54, 1.807) is 19.2 Å². The normalized spacial score (nSPS) is 11.8. The highest BCUT2D eigenvalue weighted by Crippen LogP contribution is 2.11. The Morgan fingerprint density at radius 2 is 1.95 bits per heavy atom. The van der Waals surface area contributed by atoms with E-state index in [9.17, 15) is 9.59 Å². The molecular formula is C14H19ClN2O3. The van der Waals surface area contributed by atoms with E-state index in [2.05, 4.69) is 5.32 Å². The third-order valence-electron chi connectivity index (χ3n) is 2.85. The van der Waals surface area contributed by atoms with Gasteiger partial charge in [0.25, 0.3) is 0 Å². The number of carbonyl (C=O) groups is 2. The number of amides is 2. The fraction of sp³-hybridized carbons (Fsp3) is 0.429. The number of rotatable bonds is 6. The lowest BCUT2D eigenvalue weighted by Gasteiger charge is -2.21. The molecule has 0 saturated carbocycles. The fourth-order valence-corrected chi connectivity index (χ4v) is 1.87. The van der Waals surface area contributed by atoms with Crippen LogP contribution in [0.3, 0.4) is 0 Å². The van der Waals surface area contributed by atoms with Crippen LogP contribution in [0, 0.1) is 0 Å². The Hall–Kier alpha value is -1.75. The first-order valence-electron chi connectivity index (χ1n) is 6.43. The van der Waals surface area contributed by atoms with Gasteiger partial charge in [0.1, 0.15) is 6.04 Å². The fourth-order valence-electron chi connectivity index (χ4n) is 1.74. The van der Waals surface area contributed by atoms with E-state index in [1.165, 1.54) is 4.90 Å². The Labute approximate surface area is 123 Å². The van der Waals surface area contributed by atoms with Crippen LogP contribution in [-0.4, -0.2) is 35.1 Å². The van der Waals surface area contributed by atoms with Crippen molar-refractivity contribution in [2.24, 2.45) is 0 Å². The van der Waals surface area contributed by atoms with E-state index in [4.69, 9.17) is 16.7 Å². The van der Waals surface area contributed by atoms with Crippen molar-refractivity contribution in [3.05, 3.63) is 34.9 Å². The third-order valence-corrected chi connectivity index (χ3v) is 3.10. The first-order chi connectivity index (χ1) is 9.43. The topological polar surface area (TPSA) is 69.6 Å². The van der Waals surface area contributed by atoms with Crippen molar-refractivity contribution in [3.63, 3.8) is 0 Å². The van der Waals surface area contributed by atoms with Gasteiger partial charge >= 0.3 is 12.0 Å². The molecule has 1 atom stereocenters. The lowest BCUT2D eigenvalue weighted by Crippen LogP contribution is -2.46. The number of urea groups is 1. The molecule has 0 aliphatic carbocycles. The van der Waals surface area contributed by atoms with Crippen LogP contribution in [0.1, 0.15) is 25.3 Å². The number of hydrogen-bond donors (Lipinski definition) is 2. The van der Waals surface area contributed by atoms with Gasteiger partial charge in [0, 0.05) is 18.6 Å². The maximum Gasteiger partial charge on any atom is 0.326 e. The predicted octanol–water partition coefficient (Wildman–Crippen LogP) is 2.73. The van der Waals surface area contributed by atoms with Crippen molar-refractivity contribution in [2.75, 3.05) is 7.05 Å². The first kappa shape index (κ1) is 16.3. The number of carbonyl (C=O) groups excluding carboxylic acids is 1. The Morgan fingerprint density at radius 1 is 1.35 bits per heavy atom. The molecule has 20 heavy (non-hydrogen) atoms. The highest BCUT2D eigenvalue weighted by molar-refractivity contribution is 6.30. The molecule has 0 aromatic heterocycles. The number of carboxylic acids is 1. The van der Waals surface area contributed by atoms with Crippen LogP contribution in [0.2, 0.25) is 5.02 Å².